The largest absolute Gasteiger partial charge is 0.369 e. The summed E-state index contributed by atoms with van der Waals surface area (Å²) in [4.78, 5) is 8.06. The number of hydrogen-bond donors (Lipinski definition) is 1. The first kappa shape index (κ1) is 13.1. The standard InChI is InChI=1S/C13H13Cl2N3/c1-9-8-17-13(15)18-12(9)16-7-6-10-2-4-11(14)5-3-10/h2-5,8H,6-7H2,1H3,(H,16,17,18). The van der Waals surface area contributed by atoms with Crippen molar-refractivity contribution in [2.45, 2.75) is 13.3 Å². The lowest BCUT2D eigenvalue weighted by Gasteiger charge is -2.08. The number of anilines is 1. The number of halogens is 2. The van der Waals surface area contributed by atoms with Crippen LogP contribution in [0.3, 0.4) is 0 Å². The van der Waals surface area contributed by atoms with Crippen LogP contribution in [0.4, 0.5) is 5.82 Å². The molecule has 18 heavy (non-hydrogen) atoms. The molecule has 0 aliphatic rings. The molecular formula is C13H13Cl2N3. The van der Waals surface area contributed by atoms with E-state index in [4.69, 9.17) is 23.2 Å². The van der Waals surface area contributed by atoms with Crippen LogP contribution in [-0.4, -0.2) is 16.5 Å². The Labute approximate surface area is 116 Å². The third-order valence-electron chi connectivity index (χ3n) is 2.56. The summed E-state index contributed by atoms with van der Waals surface area (Å²) in [5.41, 5.74) is 2.21. The van der Waals surface area contributed by atoms with Crippen LogP contribution in [0.2, 0.25) is 10.3 Å². The second-order valence-corrected chi connectivity index (χ2v) is 4.75. The van der Waals surface area contributed by atoms with Gasteiger partial charge in [0.2, 0.25) is 5.28 Å². The molecule has 1 aromatic heterocycles. The lowest BCUT2D eigenvalue weighted by Crippen LogP contribution is -2.08. The van der Waals surface area contributed by atoms with Crippen molar-refractivity contribution in [1.29, 1.82) is 0 Å². The van der Waals surface area contributed by atoms with Gasteiger partial charge in [-0.2, -0.15) is 0 Å². The monoisotopic (exact) mass is 281 g/mol. The smallest absolute Gasteiger partial charge is 0.224 e. The van der Waals surface area contributed by atoms with E-state index in [2.05, 4.69) is 15.3 Å². The molecule has 0 radical (unpaired) electrons. The summed E-state index contributed by atoms with van der Waals surface area (Å²) in [6.45, 7) is 2.73. The van der Waals surface area contributed by atoms with Gasteiger partial charge < -0.3 is 5.32 Å². The summed E-state index contributed by atoms with van der Waals surface area (Å²) in [5.74, 6) is 0.781. The van der Waals surface area contributed by atoms with E-state index >= 15 is 0 Å². The van der Waals surface area contributed by atoms with Crippen molar-refractivity contribution in [3.8, 4) is 0 Å². The first-order valence-electron chi connectivity index (χ1n) is 5.62. The summed E-state index contributed by atoms with van der Waals surface area (Å²) in [5, 5.41) is 4.26. The summed E-state index contributed by atoms with van der Waals surface area (Å²) >= 11 is 11.6. The molecule has 2 rings (SSSR count). The van der Waals surface area contributed by atoms with Crippen LogP contribution in [0.1, 0.15) is 11.1 Å². The van der Waals surface area contributed by atoms with Gasteiger partial charge in [-0.1, -0.05) is 23.7 Å². The highest BCUT2D eigenvalue weighted by molar-refractivity contribution is 6.30. The van der Waals surface area contributed by atoms with Crippen LogP contribution in [0, 0.1) is 6.92 Å². The number of nitrogens with one attached hydrogen (secondary N) is 1. The van der Waals surface area contributed by atoms with Gasteiger partial charge in [0.25, 0.3) is 0 Å². The molecular weight excluding hydrogens is 269 g/mol. The fourth-order valence-electron chi connectivity index (χ4n) is 1.58. The van der Waals surface area contributed by atoms with Crippen LogP contribution < -0.4 is 5.32 Å². The Morgan fingerprint density at radius 2 is 1.89 bits per heavy atom. The molecule has 0 unspecified atom stereocenters. The van der Waals surface area contributed by atoms with E-state index in [0.29, 0.717) is 0 Å². The molecule has 2 aromatic rings. The molecule has 0 fully saturated rings. The quantitative estimate of drug-likeness (QED) is 0.868. The summed E-state index contributed by atoms with van der Waals surface area (Å²) in [6.07, 6.45) is 2.61. The summed E-state index contributed by atoms with van der Waals surface area (Å²) < 4.78 is 0. The lowest BCUT2D eigenvalue weighted by atomic mass is 10.1. The second kappa shape index (κ2) is 6.03. The van der Waals surface area contributed by atoms with E-state index in [9.17, 15) is 0 Å². The Bertz CT molecular complexity index is 526. The lowest BCUT2D eigenvalue weighted by molar-refractivity contribution is 0.991. The Morgan fingerprint density at radius 3 is 2.61 bits per heavy atom. The molecule has 0 saturated carbocycles. The third-order valence-corrected chi connectivity index (χ3v) is 3.00. The fourth-order valence-corrected chi connectivity index (χ4v) is 1.84. The van der Waals surface area contributed by atoms with Gasteiger partial charge >= 0.3 is 0 Å². The van der Waals surface area contributed by atoms with Crippen LogP contribution >= 0.6 is 23.2 Å². The Hall–Kier alpha value is -1.32. The molecule has 1 heterocycles. The molecule has 0 aliphatic heterocycles. The van der Waals surface area contributed by atoms with Gasteiger partial charge in [0, 0.05) is 23.3 Å². The highest BCUT2D eigenvalue weighted by Gasteiger charge is 2.01. The first-order chi connectivity index (χ1) is 8.65. The van der Waals surface area contributed by atoms with Crippen molar-refractivity contribution >= 4 is 29.0 Å². The van der Waals surface area contributed by atoms with Crippen LogP contribution in [-0.2, 0) is 6.42 Å². The molecule has 0 spiro atoms. The maximum atomic E-state index is 5.83. The molecule has 3 nitrogen and oxygen atoms in total. The van der Waals surface area contributed by atoms with E-state index in [1.54, 1.807) is 6.20 Å². The first-order valence-corrected chi connectivity index (χ1v) is 6.38. The number of nitrogens with zero attached hydrogens (tertiary/aromatic N) is 2. The molecule has 0 aliphatic carbocycles. The Balaban J connectivity index is 1.92. The number of aryl methyl sites for hydroxylation is 1. The minimum absolute atomic E-state index is 0.259. The fraction of sp³-hybridized carbons (Fsp3) is 0.231. The zero-order valence-electron chi connectivity index (χ0n) is 9.95. The number of aromatic nitrogens is 2. The van der Waals surface area contributed by atoms with Gasteiger partial charge in [0.15, 0.2) is 0 Å². The van der Waals surface area contributed by atoms with E-state index in [1.165, 1.54) is 5.56 Å². The number of benzene rings is 1. The molecule has 1 aromatic carbocycles. The topological polar surface area (TPSA) is 37.8 Å². The van der Waals surface area contributed by atoms with Crippen molar-refractivity contribution in [3.05, 3.63) is 51.9 Å². The van der Waals surface area contributed by atoms with Gasteiger partial charge in [-0.05, 0) is 42.6 Å². The number of rotatable bonds is 4. The van der Waals surface area contributed by atoms with Crippen LogP contribution in [0.25, 0.3) is 0 Å². The SMILES string of the molecule is Cc1cnc(Cl)nc1NCCc1ccc(Cl)cc1. The average molecular weight is 282 g/mol. The zero-order chi connectivity index (χ0) is 13.0. The van der Waals surface area contributed by atoms with Crippen molar-refractivity contribution < 1.29 is 0 Å². The molecule has 0 amide bonds. The summed E-state index contributed by atoms with van der Waals surface area (Å²) in [6, 6.07) is 7.82. The third kappa shape index (κ3) is 3.59. The van der Waals surface area contributed by atoms with Gasteiger partial charge in [0.1, 0.15) is 5.82 Å². The van der Waals surface area contributed by atoms with E-state index in [1.807, 2.05) is 31.2 Å². The predicted molar refractivity (Wildman–Crippen MR) is 75.4 cm³/mol. The van der Waals surface area contributed by atoms with E-state index in [0.717, 1.165) is 29.4 Å². The van der Waals surface area contributed by atoms with Gasteiger partial charge in [-0.3, -0.25) is 0 Å². The van der Waals surface area contributed by atoms with Crippen molar-refractivity contribution in [1.82, 2.24) is 9.97 Å². The van der Waals surface area contributed by atoms with Crippen molar-refractivity contribution in [3.63, 3.8) is 0 Å². The molecule has 0 atom stereocenters. The minimum atomic E-state index is 0.259. The highest BCUT2D eigenvalue weighted by atomic mass is 35.5. The van der Waals surface area contributed by atoms with Crippen LogP contribution in [0.5, 0.6) is 0 Å². The minimum Gasteiger partial charge on any atom is -0.369 e. The maximum absolute atomic E-state index is 5.83. The normalized spacial score (nSPS) is 10.4. The van der Waals surface area contributed by atoms with Crippen molar-refractivity contribution in [2.24, 2.45) is 0 Å². The zero-order valence-corrected chi connectivity index (χ0v) is 11.5. The van der Waals surface area contributed by atoms with Gasteiger partial charge in [-0.15, -0.1) is 0 Å². The molecule has 0 bridgehead atoms. The highest BCUT2D eigenvalue weighted by Crippen LogP contribution is 2.13. The van der Waals surface area contributed by atoms with Gasteiger partial charge in [-0.25, -0.2) is 9.97 Å². The average Bonchev–Trinajstić information content (AvgIpc) is 2.36. The number of hydrogen-bond acceptors (Lipinski definition) is 3. The molecule has 0 saturated heterocycles. The van der Waals surface area contributed by atoms with E-state index < -0.39 is 0 Å². The van der Waals surface area contributed by atoms with Crippen LogP contribution in [0.15, 0.2) is 30.5 Å². The molecule has 1 N–H and O–H groups in total. The maximum Gasteiger partial charge on any atom is 0.224 e. The van der Waals surface area contributed by atoms with E-state index in [-0.39, 0.29) is 5.28 Å². The Kier molecular flexibility index (Phi) is 4.39. The summed E-state index contributed by atoms with van der Waals surface area (Å²) in [7, 11) is 0. The molecule has 5 heteroatoms. The predicted octanol–water partition coefficient (Wildman–Crippen LogP) is 3.75. The second-order valence-electron chi connectivity index (χ2n) is 3.97. The Morgan fingerprint density at radius 1 is 1.17 bits per heavy atom. The molecule has 94 valence electrons. The van der Waals surface area contributed by atoms with Gasteiger partial charge in [0.05, 0.1) is 0 Å². The van der Waals surface area contributed by atoms with Crippen molar-refractivity contribution in [2.75, 3.05) is 11.9 Å².